The Labute approximate surface area is 121 Å². The van der Waals surface area contributed by atoms with Crippen LogP contribution in [0, 0.1) is 0 Å². The largest absolute Gasteiger partial charge is 0.465 e. The molecule has 0 aromatic carbocycles. The van der Waals surface area contributed by atoms with Gasteiger partial charge in [0.05, 0.1) is 19.3 Å². The van der Waals surface area contributed by atoms with E-state index in [1.165, 1.54) is 18.4 Å². The van der Waals surface area contributed by atoms with Gasteiger partial charge in [0.25, 0.3) is 0 Å². The molecule has 1 fully saturated rings. The maximum absolute atomic E-state index is 12.0. The van der Waals surface area contributed by atoms with Crippen LogP contribution >= 0.6 is 11.3 Å². The first kappa shape index (κ1) is 15.0. The summed E-state index contributed by atoms with van der Waals surface area (Å²) in [6, 6.07) is 1.85. The minimum atomic E-state index is -0.435. The van der Waals surface area contributed by atoms with Gasteiger partial charge in [-0.2, -0.15) is 0 Å². The lowest BCUT2D eigenvalue weighted by atomic mass is 10.1. The number of anilines is 1. The number of nitrogens with one attached hydrogen (secondary N) is 1. The number of likely N-dealkylation sites (tertiary alicyclic amines) is 1. The molecule has 20 heavy (non-hydrogen) atoms. The summed E-state index contributed by atoms with van der Waals surface area (Å²) in [5.41, 5.74) is 6.39. The molecule has 2 heterocycles. The third-order valence-corrected chi connectivity index (χ3v) is 4.11. The topological polar surface area (TPSA) is 84.7 Å². The van der Waals surface area contributed by atoms with Crippen molar-refractivity contribution in [3.63, 3.8) is 0 Å². The number of carbonyl (C=O) groups is 2. The fourth-order valence-electron chi connectivity index (χ4n) is 2.29. The van der Waals surface area contributed by atoms with Gasteiger partial charge < -0.3 is 15.8 Å². The van der Waals surface area contributed by atoms with Crippen LogP contribution in [0.4, 0.5) is 5.69 Å². The number of methoxy groups -OCH3 is 1. The van der Waals surface area contributed by atoms with E-state index in [0.717, 1.165) is 25.9 Å². The van der Waals surface area contributed by atoms with Gasteiger partial charge in [-0.1, -0.05) is 0 Å². The van der Waals surface area contributed by atoms with Gasteiger partial charge >= 0.3 is 5.97 Å². The van der Waals surface area contributed by atoms with Crippen LogP contribution in [0.2, 0.25) is 0 Å². The summed E-state index contributed by atoms with van der Waals surface area (Å²) >= 11 is 1.25. The molecule has 0 saturated carbocycles. The lowest BCUT2D eigenvalue weighted by Gasteiger charge is -2.29. The number of hydrogen-bond donors (Lipinski definition) is 2. The van der Waals surface area contributed by atoms with E-state index in [1.807, 2.05) is 4.90 Å². The van der Waals surface area contributed by atoms with Crippen LogP contribution in [-0.2, 0) is 9.53 Å². The fraction of sp³-hybridized carbons (Fsp3) is 0.538. The van der Waals surface area contributed by atoms with Crippen LogP contribution in [0.25, 0.3) is 0 Å². The van der Waals surface area contributed by atoms with Crippen molar-refractivity contribution >= 4 is 28.9 Å². The number of carbonyl (C=O) groups excluding carboxylic acids is 2. The van der Waals surface area contributed by atoms with Crippen LogP contribution in [0.5, 0.6) is 0 Å². The normalized spacial score (nSPS) is 19.6. The molecule has 1 atom stereocenters. The minimum Gasteiger partial charge on any atom is -0.465 e. The van der Waals surface area contributed by atoms with Gasteiger partial charge in [-0.25, -0.2) is 4.79 Å². The first-order valence-electron chi connectivity index (χ1n) is 6.53. The number of piperidine rings is 1. The Bertz CT molecular complexity index is 489. The predicted molar refractivity (Wildman–Crippen MR) is 77.9 cm³/mol. The zero-order valence-electron chi connectivity index (χ0n) is 11.4. The third-order valence-electron chi connectivity index (χ3n) is 3.22. The smallest absolute Gasteiger partial charge is 0.350 e. The van der Waals surface area contributed by atoms with Crippen LogP contribution in [0.15, 0.2) is 11.4 Å². The van der Waals surface area contributed by atoms with E-state index in [4.69, 9.17) is 5.73 Å². The minimum absolute atomic E-state index is 0.136. The van der Waals surface area contributed by atoms with Crippen molar-refractivity contribution in [1.29, 1.82) is 0 Å². The molecular formula is C13H19N3O3S. The van der Waals surface area contributed by atoms with Crippen molar-refractivity contribution in [3.05, 3.63) is 16.3 Å². The summed E-state index contributed by atoms with van der Waals surface area (Å²) in [5.74, 6) is -0.571. The third kappa shape index (κ3) is 3.78. The fourth-order valence-corrected chi connectivity index (χ4v) is 3.05. The van der Waals surface area contributed by atoms with Gasteiger partial charge in [0, 0.05) is 12.6 Å². The number of rotatable bonds is 4. The molecule has 0 bridgehead atoms. The van der Waals surface area contributed by atoms with Gasteiger partial charge in [-0.05, 0) is 30.8 Å². The molecular weight excluding hydrogens is 278 g/mol. The highest BCUT2D eigenvalue weighted by Crippen LogP contribution is 2.23. The second-order valence-corrected chi connectivity index (χ2v) is 5.76. The Morgan fingerprint density at radius 3 is 3.10 bits per heavy atom. The Balaban J connectivity index is 1.91. The summed E-state index contributed by atoms with van der Waals surface area (Å²) in [5, 5.41) is 4.50. The summed E-state index contributed by atoms with van der Waals surface area (Å²) < 4.78 is 4.67. The van der Waals surface area contributed by atoms with E-state index in [-0.39, 0.29) is 11.9 Å². The molecule has 110 valence electrons. The monoisotopic (exact) mass is 297 g/mol. The molecule has 0 unspecified atom stereocenters. The summed E-state index contributed by atoms with van der Waals surface area (Å²) in [6.45, 7) is 1.92. The summed E-state index contributed by atoms with van der Waals surface area (Å²) in [4.78, 5) is 26.0. The molecule has 1 amide bonds. The molecule has 0 radical (unpaired) electrons. The van der Waals surface area contributed by atoms with Gasteiger partial charge in [0.1, 0.15) is 4.88 Å². The molecule has 0 aliphatic carbocycles. The van der Waals surface area contributed by atoms with E-state index in [9.17, 15) is 9.59 Å². The van der Waals surface area contributed by atoms with Crippen molar-refractivity contribution in [2.45, 2.75) is 18.9 Å². The van der Waals surface area contributed by atoms with E-state index in [1.54, 1.807) is 11.4 Å². The van der Waals surface area contributed by atoms with E-state index >= 15 is 0 Å². The molecule has 7 heteroatoms. The highest BCUT2D eigenvalue weighted by atomic mass is 32.1. The van der Waals surface area contributed by atoms with E-state index < -0.39 is 5.97 Å². The maximum Gasteiger partial charge on any atom is 0.350 e. The zero-order valence-corrected chi connectivity index (χ0v) is 12.2. The first-order valence-corrected chi connectivity index (χ1v) is 7.41. The number of thiophene rings is 1. The van der Waals surface area contributed by atoms with Gasteiger partial charge in [0.2, 0.25) is 5.91 Å². The number of ether oxygens (including phenoxy) is 1. The average Bonchev–Trinajstić information content (AvgIpc) is 2.85. The van der Waals surface area contributed by atoms with Crippen molar-refractivity contribution in [2.75, 3.05) is 32.1 Å². The van der Waals surface area contributed by atoms with Crippen molar-refractivity contribution in [2.24, 2.45) is 5.73 Å². The Morgan fingerprint density at radius 1 is 1.60 bits per heavy atom. The van der Waals surface area contributed by atoms with E-state index in [0.29, 0.717) is 17.1 Å². The Hall–Kier alpha value is -1.44. The quantitative estimate of drug-likeness (QED) is 0.807. The molecule has 0 spiro atoms. The number of hydrogen-bond acceptors (Lipinski definition) is 6. The van der Waals surface area contributed by atoms with E-state index in [2.05, 4.69) is 10.1 Å². The SMILES string of the molecule is COC(=O)c1sccc1NC(=O)CN1CCC[C@@H](N)C1. The second-order valence-electron chi connectivity index (χ2n) is 4.84. The van der Waals surface area contributed by atoms with Gasteiger partial charge in [-0.3, -0.25) is 9.69 Å². The lowest BCUT2D eigenvalue weighted by Crippen LogP contribution is -2.45. The average molecular weight is 297 g/mol. The molecule has 1 saturated heterocycles. The van der Waals surface area contributed by atoms with Gasteiger partial charge in [0.15, 0.2) is 0 Å². The standard InChI is InChI=1S/C13H19N3O3S/c1-19-13(18)12-10(4-6-20-12)15-11(17)8-16-5-2-3-9(14)7-16/h4,6,9H,2-3,5,7-8,14H2,1H3,(H,15,17)/t9-/m1/s1. The number of nitrogens with zero attached hydrogens (tertiary/aromatic N) is 1. The zero-order chi connectivity index (χ0) is 14.5. The molecule has 2 rings (SSSR count). The second kappa shape index (κ2) is 6.83. The predicted octanol–water partition coefficient (Wildman–Crippen LogP) is 0.896. The highest BCUT2D eigenvalue weighted by molar-refractivity contribution is 7.12. The van der Waals surface area contributed by atoms with Crippen LogP contribution < -0.4 is 11.1 Å². The van der Waals surface area contributed by atoms with Crippen LogP contribution in [-0.4, -0.2) is 49.6 Å². The lowest BCUT2D eigenvalue weighted by molar-refractivity contribution is -0.117. The molecule has 3 N–H and O–H groups in total. The molecule has 1 aromatic rings. The number of esters is 1. The number of amides is 1. The first-order chi connectivity index (χ1) is 9.60. The van der Waals surface area contributed by atoms with Crippen molar-refractivity contribution in [1.82, 2.24) is 4.90 Å². The van der Waals surface area contributed by atoms with Crippen LogP contribution in [0.1, 0.15) is 22.5 Å². The van der Waals surface area contributed by atoms with Crippen molar-refractivity contribution in [3.8, 4) is 0 Å². The van der Waals surface area contributed by atoms with Crippen LogP contribution in [0.3, 0.4) is 0 Å². The molecule has 1 aliphatic heterocycles. The summed E-state index contributed by atoms with van der Waals surface area (Å²) in [6.07, 6.45) is 2.02. The number of nitrogens with two attached hydrogens (primary N) is 1. The highest BCUT2D eigenvalue weighted by Gasteiger charge is 2.20. The Morgan fingerprint density at radius 2 is 2.40 bits per heavy atom. The molecule has 1 aliphatic rings. The summed E-state index contributed by atoms with van der Waals surface area (Å²) in [7, 11) is 1.32. The molecule has 1 aromatic heterocycles. The Kier molecular flexibility index (Phi) is 5.11. The maximum atomic E-state index is 12.0. The van der Waals surface area contributed by atoms with Gasteiger partial charge in [-0.15, -0.1) is 11.3 Å². The molecule has 6 nitrogen and oxygen atoms in total. The van der Waals surface area contributed by atoms with Crippen molar-refractivity contribution < 1.29 is 14.3 Å².